The van der Waals surface area contributed by atoms with E-state index in [1.807, 2.05) is 31.2 Å². The average Bonchev–Trinajstić information content (AvgIpc) is 2.56. The van der Waals surface area contributed by atoms with Gasteiger partial charge in [-0.15, -0.1) is 0 Å². The molecule has 0 fully saturated rings. The summed E-state index contributed by atoms with van der Waals surface area (Å²) in [4.78, 5) is 8.51. The van der Waals surface area contributed by atoms with Crippen LogP contribution in [0.2, 0.25) is 0 Å². The van der Waals surface area contributed by atoms with Crippen molar-refractivity contribution >= 4 is 44.6 Å². The summed E-state index contributed by atoms with van der Waals surface area (Å²) in [7, 11) is 0. The van der Waals surface area contributed by atoms with Crippen molar-refractivity contribution in [3.8, 4) is 0 Å². The Labute approximate surface area is 149 Å². The molecule has 1 aromatic heterocycles. The third-order valence-corrected chi connectivity index (χ3v) is 4.17. The van der Waals surface area contributed by atoms with Gasteiger partial charge in [0.2, 0.25) is 0 Å². The molecule has 0 aliphatic rings. The van der Waals surface area contributed by atoms with E-state index in [1.54, 1.807) is 0 Å². The first-order chi connectivity index (χ1) is 11.5. The van der Waals surface area contributed by atoms with Crippen molar-refractivity contribution in [3.63, 3.8) is 0 Å². The fourth-order valence-corrected chi connectivity index (χ4v) is 2.53. The summed E-state index contributed by atoms with van der Waals surface area (Å²) in [5, 5.41) is 6.51. The van der Waals surface area contributed by atoms with Crippen LogP contribution < -0.4 is 16.4 Å². The van der Waals surface area contributed by atoms with Crippen LogP contribution in [0.4, 0.5) is 28.7 Å². The largest absolute Gasteiger partial charge is 0.393 e. The number of aromatic nitrogens is 2. The standard InChI is InChI=1S/C18H18BrN5/c1-11-3-4-12(2)15(9-11)24-18-16(20)17(21-10-22-18)23-14-7-5-13(19)6-8-14/h3-10H,20H2,1-2H3,(H2,21,22,23,24). The van der Waals surface area contributed by atoms with Crippen LogP contribution in [0, 0.1) is 13.8 Å². The lowest BCUT2D eigenvalue weighted by Crippen LogP contribution is -2.05. The lowest BCUT2D eigenvalue weighted by Gasteiger charge is -2.14. The van der Waals surface area contributed by atoms with Gasteiger partial charge in [-0.05, 0) is 55.3 Å². The van der Waals surface area contributed by atoms with E-state index in [2.05, 4.69) is 61.7 Å². The Morgan fingerprint density at radius 2 is 1.58 bits per heavy atom. The zero-order chi connectivity index (χ0) is 17.1. The van der Waals surface area contributed by atoms with E-state index in [0.717, 1.165) is 21.4 Å². The molecule has 6 heteroatoms. The van der Waals surface area contributed by atoms with Gasteiger partial charge in [-0.1, -0.05) is 28.1 Å². The number of rotatable bonds is 4. The van der Waals surface area contributed by atoms with Gasteiger partial charge in [-0.3, -0.25) is 0 Å². The molecule has 0 saturated carbocycles. The van der Waals surface area contributed by atoms with Gasteiger partial charge in [0.05, 0.1) is 0 Å². The minimum absolute atomic E-state index is 0.473. The number of aryl methyl sites for hydroxylation is 2. The quantitative estimate of drug-likeness (QED) is 0.595. The molecule has 4 N–H and O–H groups in total. The van der Waals surface area contributed by atoms with E-state index >= 15 is 0 Å². The zero-order valence-corrected chi connectivity index (χ0v) is 15.1. The maximum atomic E-state index is 6.24. The van der Waals surface area contributed by atoms with E-state index in [4.69, 9.17) is 5.73 Å². The highest BCUT2D eigenvalue weighted by atomic mass is 79.9. The highest BCUT2D eigenvalue weighted by Gasteiger charge is 2.10. The topological polar surface area (TPSA) is 75.9 Å². The van der Waals surface area contributed by atoms with Gasteiger partial charge in [0.25, 0.3) is 0 Å². The van der Waals surface area contributed by atoms with Crippen molar-refractivity contribution in [2.75, 3.05) is 16.4 Å². The first kappa shape index (κ1) is 16.3. The molecule has 1 heterocycles. The van der Waals surface area contributed by atoms with Crippen molar-refractivity contribution in [1.29, 1.82) is 0 Å². The molecule has 3 aromatic rings. The van der Waals surface area contributed by atoms with E-state index < -0.39 is 0 Å². The Hall–Kier alpha value is -2.60. The number of hydrogen-bond acceptors (Lipinski definition) is 5. The van der Waals surface area contributed by atoms with Crippen molar-refractivity contribution in [1.82, 2.24) is 9.97 Å². The number of benzene rings is 2. The maximum Gasteiger partial charge on any atom is 0.159 e. The monoisotopic (exact) mass is 383 g/mol. The zero-order valence-electron chi connectivity index (χ0n) is 13.5. The number of halogens is 1. The molecule has 0 aliphatic heterocycles. The third kappa shape index (κ3) is 3.65. The average molecular weight is 384 g/mol. The third-order valence-electron chi connectivity index (χ3n) is 3.64. The molecule has 0 spiro atoms. The summed E-state index contributed by atoms with van der Waals surface area (Å²) in [6.07, 6.45) is 1.49. The molecule has 24 heavy (non-hydrogen) atoms. The van der Waals surface area contributed by atoms with Crippen LogP contribution in [0.25, 0.3) is 0 Å². The second kappa shape index (κ2) is 6.88. The van der Waals surface area contributed by atoms with Gasteiger partial charge in [0.15, 0.2) is 11.6 Å². The molecule has 0 aliphatic carbocycles. The van der Waals surface area contributed by atoms with Crippen LogP contribution in [-0.2, 0) is 0 Å². The Bertz CT molecular complexity index is 862. The Morgan fingerprint density at radius 1 is 0.917 bits per heavy atom. The molecule has 122 valence electrons. The minimum atomic E-state index is 0.473. The van der Waals surface area contributed by atoms with Gasteiger partial charge in [-0.25, -0.2) is 9.97 Å². The summed E-state index contributed by atoms with van der Waals surface area (Å²) in [6.45, 7) is 4.09. The van der Waals surface area contributed by atoms with Crippen LogP contribution >= 0.6 is 15.9 Å². The molecule has 0 atom stereocenters. The Balaban J connectivity index is 1.88. The molecular formula is C18H18BrN5. The maximum absolute atomic E-state index is 6.24. The fraction of sp³-hybridized carbons (Fsp3) is 0.111. The molecule has 0 bridgehead atoms. The van der Waals surface area contributed by atoms with E-state index in [-0.39, 0.29) is 0 Å². The van der Waals surface area contributed by atoms with Gasteiger partial charge < -0.3 is 16.4 Å². The van der Waals surface area contributed by atoms with E-state index in [9.17, 15) is 0 Å². The number of nitrogen functional groups attached to an aromatic ring is 1. The molecule has 5 nitrogen and oxygen atoms in total. The highest BCUT2D eigenvalue weighted by molar-refractivity contribution is 9.10. The SMILES string of the molecule is Cc1ccc(C)c(Nc2ncnc(Nc3ccc(Br)cc3)c2N)c1. The number of anilines is 5. The normalized spacial score (nSPS) is 10.5. The van der Waals surface area contributed by atoms with E-state index in [0.29, 0.717) is 17.3 Å². The van der Waals surface area contributed by atoms with Crippen LogP contribution in [0.1, 0.15) is 11.1 Å². The molecule has 0 unspecified atom stereocenters. The molecule has 0 saturated heterocycles. The number of hydrogen-bond donors (Lipinski definition) is 3. The Kier molecular flexibility index (Phi) is 4.66. The number of nitrogens with zero attached hydrogens (tertiary/aromatic N) is 2. The summed E-state index contributed by atoms with van der Waals surface area (Å²) in [6, 6.07) is 14.0. The second-order valence-corrected chi connectivity index (χ2v) is 6.48. The van der Waals surface area contributed by atoms with Crippen LogP contribution in [-0.4, -0.2) is 9.97 Å². The van der Waals surface area contributed by atoms with Gasteiger partial charge in [0.1, 0.15) is 12.0 Å². The van der Waals surface area contributed by atoms with Crippen LogP contribution in [0.3, 0.4) is 0 Å². The van der Waals surface area contributed by atoms with Gasteiger partial charge in [-0.2, -0.15) is 0 Å². The molecule has 0 radical (unpaired) electrons. The molecule has 3 rings (SSSR count). The van der Waals surface area contributed by atoms with Crippen molar-refractivity contribution in [2.45, 2.75) is 13.8 Å². The highest BCUT2D eigenvalue weighted by Crippen LogP contribution is 2.29. The predicted octanol–water partition coefficient (Wildman–Crippen LogP) is 4.93. The number of nitrogens with one attached hydrogen (secondary N) is 2. The molecule has 2 aromatic carbocycles. The van der Waals surface area contributed by atoms with Gasteiger partial charge in [0, 0.05) is 15.8 Å². The number of nitrogens with two attached hydrogens (primary N) is 1. The lowest BCUT2D eigenvalue weighted by atomic mass is 10.1. The van der Waals surface area contributed by atoms with Crippen LogP contribution in [0.5, 0.6) is 0 Å². The minimum Gasteiger partial charge on any atom is -0.393 e. The van der Waals surface area contributed by atoms with Crippen LogP contribution in [0.15, 0.2) is 53.3 Å². The second-order valence-electron chi connectivity index (χ2n) is 5.56. The summed E-state index contributed by atoms with van der Waals surface area (Å²) in [5.74, 6) is 1.15. The van der Waals surface area contributed by atoms with Crippen molar-refractivity contribution < 1.29 is 0 Å². The summed E-state index contributed by atoms with van der Waals surface area (Å²) >= 11 is 3.42. The summed E-state index contributed by atoms with van der Waals surface area (Å²) in [5.41, 5.74) is 10.9. The molecular weight excluding hydrogens is 366 g/mol. The Morgan fingerprint density at radius 3 is 2.29 bits per heavy atom. The summed E-state index contributed by atoms with van der Waals surface area (Å²) < 4.78 is 1.01. The predicted molar refractivity (Wildman–Crippen MR) is 103 cm³/mol. The molecule has 0 amide bonds. The smallest absolute Gasteiger partial charge is 0.159 e. The van der Waals surface area contributed by atoms with E-state index in [1.165, 1.54) is 11.9 Å². The lowest BCUT2D eigenvalue weighted by molar-refractivity contribution is 1.17. The van der Waals surface area contributed by atoms with Gasteiger partial charge >= 0.3 is 0 Å². The van der Waals surface area contributed by atoms with Crippen molar-refractivity contribution in [3.05, 3.63) is 64.4 Å². The fourth-order valence-electron chi connectivity index (χ4n) is 2.26. The first-order valence-electron chi connectivity index (χ1n) is 7.50. The first-order valence-corrected chi connectivity index (χ1v) is 8.29. The van der Waals surface area contributed by atoms with Crippen molar-refractivity contribution in [2.24, 2.45) is 0 Å².